The van der Waals surface area contributed by atoms with Crippen molar-refractivity contribution in [3.05, 3.63) is 35.3 Å². The van der Waals surface area contributed by atoms with E-state index in [0.29, 0.717) is 23.9 Å². The van der Waals surface area contributed by atoms with E-state index in [0.717, 1.165) is 18.6 Å². The van der Waals surface area contributed by atoms with E-state index >= 15 is 0 Å². The van der Waals surface area contributed by atoms with Gasteiger partial charge in [-0.1, -0.05) is 12.2 Å². The molecule has 0 amide bonds. The molecular formula is C13H17NO3. The second-order valence-corrected chi connectivity index (χ2v) is 4.19. The summed E-state index contributed by atoms with van der Waals surface area (Å²) >= 11 is 0. The van der Waals surface area contributed by atoms with E-state index in [4.69, 9.17) is 4.42 Å². The molecule has 92 valence electrons. The van der Waals surface area contributed by atoms with E-state index < -0.39 is 0 Å². The highest BCUT2D eigenvalue weighted by molar-refractivity contribution is 5.90. The third kappa shape index (κ3) is 2.77. The average Bonchev–Trinajstić information content (AvgIpc) is 2.94. The largest absolute Gasteiger partial charge is 0.465 e. The van der Waals surface area contributed by atoms with Crippen LogP contribution in [0.15, 0.2) is 22.6 Å². The van der Waals surface area contributed by atoms with Gasteiger partial charge in [0.05, 0.1) is 13.7 Å². The van der Waals surface area contributed by atoms with Crippen molar-refractivity contribution in [2.75, 3.05) is 7.11 Å². The quantitative estimate of drug-likeness (QED) is 0.642. The van der Waals surface area contributed by atoms with Gasteiger partial charge in [0.2, 0.25) is 0 Å². The van der Waals surface area contributed by atoms with Crippen molar-refractivity contribution in [3.63, 3.8) is 0 Å². The molecule has 1 aliphatic rings. The third-order valence-corrected chi connectivity index (χ3v) is 2.95. The van der Waals surface area contributed by atoms with Gasteiger partial charge in [0.15, 0.2) is 0 Å². The van der Waals surface area contributed by atoms with Crippen molar-refractivity contribution in [1.82, 2.24) is 5.32 Å². The van der Waals surface area contributed by atoms with Crippen molar-refractivity contribution in [2.24, 2.45) is 0 Å². The predicted octanol–water partition coefficient (Wildman–Crippen LogP) is 2.18. The summed E-state index contributed by atoms with van der Waals surface area (Å²) in [4.78, 5) is 11.4. The Labute approximate surface area is 101 Å². The minimum absolute atomic E-state index is 0.347. The molecule has 0 fully saturated rings. The highest BCUT2D eigenvalue weighted by Crippen LogP contribution is 2.16. The summed E-state index contributed by atoms with van der Waals surface area (Å²) in [6, 6.07) is 2.23. The van der Waals surface area contributed by atoms with Gasteiger partial charge >= 0.3 is 5.97 Å². The maximum absolute atomic E-state index is 11.4. The Hall–Kier alpha value is -1.55. The number of carbonyl (C=O) groups is 1. The normalized spacial score (nSPS) is 15.4. The molecule has 2 rings (SSSR count). The van der Waals surface area contributed by atoms with Gasteiger partial charge in [-0.05, 0) is 25.8 Å². The molecule has 0 saturated heterocycles. The summed E-state index contributed by atoms with van der Waals surface area (Å²) in [5, 5.41) is 3.39. The molecule has 17 heavy (non-hydrogen) atoms. The highest BCUT2D eigenvalue weighted by Gasteiger charge is 2.16. The minimum Gasteiger partial charge on any atom is -0.465 e. The molecule has 0 spiro atoms. The van der Waals surface area contributed by atoms with Crippen LogP contribution in [0, 0.1) is 6.92 Å². The number of aryl methyl sites for hydroxylation is 1. The Balaban J connectivity index is 1.95. The average molecular weight is 235 g/mol. The molecule has 0 bridgehead atoms. The monoisotopic (exact) mass is 235 g/mol. The van der Waals surface area contributed by atoms with Gasteiger partial charge < -0.3 is 14.5 Å². The fourth-order valence-electron chi connectivity index (χ4n) is 1.97. The maximum atomic E-state index is 11.4. The zero-order valence-corrected chi connectivity index (χ0v) is 10.2. The van der Waals surface area contributed by atoms with Crippen molar-refractivity contribution in [1.29, 1.82) is 0 Å². The summed E-state index contributed by atoms with van der Waals surface area (Å²) in [7, 11) is 1.37. The molecule has 4 heteroatoms. The Kier molecular flexibility index (Phi) is 3.64. The van der Waals surface area contributed by atoms with Crippen LogP contribution >= 0.6 is 0 Å². The summed E-state index contributed by atoms with van der Waals surface area (Å²) in [6.07, 6.45) is 6.46. The van der Waals surface area contributed by atoms with Crippen LogP contribution in [0.1, 0.15) is 34.7 Å². The Morgan fingerprint density at radius 3 is 2.88 bits per heavy atom. The number of carbonyl (C=O) groups excluding carboxylic acids is 1. The number of nitrogens with one attached hydrogen (secondary N) is 1. The van der Waals surface area contributed by atoms with Gasteiger partial charge in [0.25, 0.3) is 0 Å². The topological polar surface area (TPSA) is 51.5 Å². The fourth-order valence-corrected chi connectivity index (χ4v) is 1.97. The van der Waals surface area contributed by atoms with Crippen molar-refractivity contribution < 1.29 is 13.9 Å². The Morgan fingerprint density at radius 2 is 2.24 bits per heavy atom. The number of furan rings is 1. The molecule has 1 aromatic rings. The molecule has 0 radical (unpaired) electrons. The van der Waals surface area contributed by atoms with Crippen LogP contribution in [-0.4, -0.2) is 19.1 Å². The predicted molar refractivity (Wildman–Crippen MR) is 63.8 cm³/mol. The van der Waals surface area contributed by atoms with Gasteiger partial charge in [-0.15, -0.1) is 0 Å². The molecule has 0 aromatic carbocycles. The zero-order chi connectivity index (χ0) is 12.3. The van der Waals surface area contributed by atoms with Gasteiger partial charge in [0.1, 0.15) is 17.1 Å². The van der Waals surface area contributed by atoms with Gasteiger partial charge in [-0.25, -0.2) is 4.79 Å². The lowest BCUT2D eigenvalue weighted by Gasteiger charge is -2.09. The van der Waals surface area contributed by atoms with Crippen molar-refractivity contribution in [2.45, 2.75) is 32.4 Å². The first-order valence-corrected chi connectivity index (χ1v) is 5.76. The second kappa shape index (κ2) is 5.19. The van der Waals surface area contributed by atoms with E-state index in [2.05, 4.69) is 22.2 Å². The molecule has 1 aromatic heterocycles. The van der Waals surface area contributed by atoms with Crippen LogP contribution in [-0.2, 0) is 11.3 Å². The van der Waals surface area contributed by atoms with Gasteiger partial charge in [0, 0.05) is 6.04 Å². The molecular weight excluding hydrogens is 218 g/mol. The minimum atomic E-state index is -0.347. The summed E-state index contributed by atoms with van der Waals surface area (Å²) < 4.78 is 10.2. The summed E-state index contributed by atoms with van der Waals surface area (Å²) in [6.45, 7) is 2.41. The van der Waals surface area contributed by atoms with E-state index in [1.807, 2.05) is 0 Å². The van der Waals surface area contributed by atoms with E-state index in [9.17, 15) is 4.79 Å². The number of esters is 1. The lowest BCUT2D eigenvalue weighted by Crippen LogP contribution is -2.25. The molecule has 4 nitrogen and oxygen atoms in total. The van der Waals surface area contributed by atoms with Crippen LogP contribution in [0.4, 0.5) is 0 Å². The van der Waals surface area contributed by atoms with Crippen LogP contribution < -0.4 is 5.32 Å². The first-order valence-electron chi connectivity index (χ1n) is 5.76. The van der Waals surface area contributed by atoms with E-state index in [1.54, 1.807) is 13.0 Å². The molecule has 0 unspecified atom stereocenters. The van der Waals surface area contributed by atoms with Crippen LogP contribution in [0.2, 0.25) is 0 Å². The molecule has 0 aliphatic heterocycles. The van der Waals surface area contributed by atoms with Gasteiger partial charge in [-0.2, -0.15) is 0 Å². The summed E-state index contributed by atoms with van der Waals surface area (Å²) in [5.41, 5.74) is 0.508. The van der Waals surface area contributed by atoms with Crippen molar-refractivity contribution >= 4 is 5.97 Å². The lowest BCUT2D eigenvalue weighted by molar-refractivity contribution is 0.0599. The number of methoxy groups -OCH3 is 1. The summed E-state index contributed by atoms with van der Waals surface area (Å²) in [5.74, 6) is 1.04. The molecule has 0 saturated carbocycles. The van der Waals surface area contributed by atoms with Gasteiger partial charge in [-0.3, -0.25) is 0 Å². The highest BCUT2D eigenvalue weighted by atomic mass is 16.5. The number of hydrogen-bond acceptors (Lipinski definition) is 4. The first kappa shape index (κ1) is 11.9. The van der Waals surface area contributed by atoms with Crippen LogP contribution in [0.3, 0.4) is 0 Å². The Bertz CT molecular complexity index is 426. The lowest BCUT2D eigenvalue weighted by atomic mass is 10.2. The number of rotatable bonds is 4. The maximum Gasteiger partial charge on any atom is 0.341 e. The SMILES string of the molecule is COC(=O)c1cc(CNC2CC=CC2)oc1C. The fraction of sp³-hybridized carbons (Fsp3) is 0.462. The number of ether oxygens (including phenoxy) is 1. The second-order valence-electron chi connectivity index (χ2n) is 4.19. The number of hydrogen-bond donors (Lipinski definition) is 1. The van der Waals surface area contributed by atoms with Crippen LogP contribution in [0.25, 0.3) is 0 Å². The first-order chi connectivity index (χ1) is 8.20. The van der Waals surface area contributed by atoms with E-state index in [-0.39, 0.29) is 5.97 Å². The van der Waals surface area contributed by atoms with E-state index in [1.165, 1.54) is 7.11 Å². The van der Waals surface area contributed by atoms with Crippen LogP contribution in [0.5, 0.6) is 0 Å². The third-order valence-electron chi connectivity index (χ3n) is 2.95. The molecule has 1 N–H and O–H groups in total. The zero-order valence-electron chi connectivity index (χ0n) is 10.2. The van der Waals surface area contributed by atoms with Crippen molar-refractivity contribution in [3.8, 4) is 0 Å². The standard InChI is InChI=1S/C13H17NO3/c1-9-12(13(15)16-2)7-11(17-9)8-14-10-5-3-4-6-10/h3-4,7,10,14H,5-6,8H2,1-2H3. The molecule has 1 heterocycles. The smallest absolute Gasteiger partial charge is 0.341 e. The Morgan fingerprint density at radius 1 is 1.53 bits per heavy atom. The molecule has 0 atom stereocenters. The molecule has 1 aliphatic carbocycles.